The summed E-state index contributed by atoms with van der Waals surface area (Å²) in [5.41, 5.74) is 0. The van der Waals surface area contributed by atoms with Crippen LogP contribution in [-0.2, 0) is 0 Å². The Bertz CT molecular complexity index is 136. The van der Waals surface area contributed by atoms with E-state index in [0.29, 0.717) is 6.17 Å². The maximum Gasteiger partial charge on any atom is 0.0591 e. The third-order valence-corrected chi connectivity index (χ3v) is 3.19. The molecule has 0 radical (unpaired) electrons. The predicted octanol–water partition coefficient (Wildman–Crippen LogP) is 1.77. The van der Waals surface area contributed by atoms with E-state index in [1.165, 1.54) is 25.8 Å². The lowest BCUT2D eigenvalue weighted by atomic mass is 10.1. The molecule has 1 saturated heterocycles. The Labute approximate surface area is 76.5 Å². The van der Waals surface area contributed by atoms with Crippen LogP contribution >= 0.6 is 0 Å². The Morgan fingerprint density at radius 1 is 1.33 bits per heavy atom. The van der Waals surface area contributed by atoms with Crippen LogP contribution in [0.15, 0.2) is 0 Å². The van der Waals surface area contributed by atoms with Crippen LogP contribution in [0.2, 0.25) is 0 Å². The molecular formula is C10H22N2. The second-order valence-corrected chi connectivity index (χ2v) is 4.03. The van der Waals surface area contributed by atoms with Gasteiger partial charge in [0.25, 0.3) is 0 Å². The molecule has 0 bridgehead atoms. The monoisotopic (exact) mass is 170 g/mol. The Hall–Kier alpha value is -0.0800. The zero-order valence-electron chi connectivity index (χ0n) is 8.88. The van der Waals surface area contributed by atoms with Crippen LogP contribution < -0.4 is 0 Å². The van der Waals surface area contributed by atoms with Crippen molar-refractivity contribution in [1.82, 2.24) is 9.80 Å². The fraction of sp³-hybridized carbons (Fsp3) is 1.00. The van der Waals surface area contributed by atoms with Gasteiger partial charge in [-0.1, -0.05) is 19.8 Å². The van der Waals surface area contributed by atoms with Crippen molar-refractivity contribution < 1.29 is 0 Å². The maximum atomic E-state index is 2.50. The second-order valence-electron chi connectivity index (χ2n) is 4.03. The number of unbranched alkanes of at least 4 members (excludes halogenated alkanes) is 1. The Kier molecular flexibility index (Phi) is 3.53. The lowest BCUT2D eigenvalue weighted by Gasteiger charge is -2.23. The summed E-state index contributed by atoms with van der Waals surface area (Å²) in [5.74, 6) is 0. The topological polar surface area (TPSA) is 6.48 Å². The molecule has 2 nitrogen and oxygen atoms in total. The molecule has 0 aromatic heterocycles. The summed E-state index contributed by atoms with van der Waals surface area (Å²) in [6.07, 6.45) is 4.69. The first kappa shape index (κ1) is 10.0. The highest BCUT2D eigenvalue weighted by Gasteiger charge is 2.30. The van der Waals surface area contributed by atoms with Gasteiger partial charge in [0.05, 0.1) is 6.17 Å². The van der Waals surface area contributed by atoms with Crippen molar-refractivity contribution in [3.63, 3.8) is 0 Å². The van der Waals surface area contributed by atoms with E-state index in [2.05, 4.69) is 37.7 Å². The number of nitrogens with zero attached hydrogens (tertiary/aromatic N) is 2. The molecule has 1 aliphatic rings. The summed E-state index contributed by atoms with van der Waals surface area (Å²) in [5, 5.41) is 0. The van der Waals surface area contributed by atoms with Gasteiger partial charge in [0.15, 0.2) is 0 Å². The van der Waals surface area contributed by atoms with Gasteiger partial charge in [-0.3, -0.25) is 9.80 Å². The summed E-state index contributed by atoms with van der Waals surface area (Å²) in [6, 6.07) is 0.796. The van der Waals surface area contributed by atoms with E-state index >= 15 is 0 Å². The molecule has 2 heteroatoms. The van der Waals surface area contributed by atoms with Crippen molar-refractivity contribution in [3.05, 3.63) is 0 Å². The molecule has 1 fully saturated rings. The summed E-state index contributed by atoms with van der Waals surface area (Å²) >= 11 is 0. The highest BCUT2D eigenvalue weighted by Crippen LogP contribution is 2.20. The zero-order chi connectivity index (χ0) is 9.14. The van der Waals surface area contributed by atoms with E-state index in [4.69, 9.17) is 0 Å². The van der Waals surface area contributed by atoms with Gasteiger partial charge in [-0.25, -0.2) is 0 Å². The average molecular weight is 170 g/mol. The van der Waals surface area contributed by atoms with Gasteiger partial charge in [-0.15, -0.1) is 0 Å². The molecule has 0 aliphatic carbocycles. The van der Waals surface area contributed by atoms with Crippen LogP contribution in [0.4, 0.5) is 0 Å². The number of hydrogen-bond donors (Lipinski definition) is 0. The number of hydrogen-bond acceptors (Lipinski definition) is 2. The molecule has 0 aromatic rings. The van der Waals surface area contributed by atoms with Gasteiger partial charge in [-0.2, -0.15) is 0 Å². The number of likely N-dealkylation sites (N-methyl/N-ethyl adjacent to an activating group) is 2. The molecular weight excluding hydrogens is 148 g/mol. The molecule has 0 saturated carbocycles. The minimum Gasteiger partial charge on any atom is -0.290 e. The summed E-state index contributed by atoms with van der Waals surface area (Å²) < 4.78 is 0. The first-order valence-corrected chi connectivity index (χ1v) is 5.09. The molecule has 0 spiro atoms. The summed E-state index contributed by atoms with van der Waals surface area (Å²) in [4.78, 5) is 4.93. The molecule has 2 unspecified atom stereocenters. The Morgan fingerprint density at radius 3 is 2.42 bits per heavy atom. The minimum absolute atomic E-state index is 0.631. The zero-order valence-corrected chi connectivity index (χ0v) is 8.88. The average Bonchev–Trinajstić information content (AvgIpc) is 2.30. The van der Waals surface area contributed by atoms with E-state index in [1.54, 1.807) is 0 Å². The molecule has 72 valence electrons. The largest absolute Gasteiger partial charge is 0.290 e. The standard InChI is InChI=1S/C10H22N2/c1-5-6-7-10-8-11(3)9(2)12(10)4/h9-10H,5-8H2,1-4H3. The van der Waals surface area contributed by atoms with Crippen LogP contribution in [0.1, 0.15) is 33.1 Å². The van der Waals surface area contributed by atoms with Crippen molar-refractivity contribution in [2.75, 3.05) is 20.6 Å². The third-order valence-electron chi connectivity index (χ3n) is 3.19. The quantitative estimate of drug-likeness (QED) is 0.637. The van der Waals surface area contributed by atoms with Gasteiger partial charge in [0.2, 0.25) is 0 Å². The number of rotatable bonds is 3. The van der Waals surface area contributed by atoms with E-state index in [0.717, 1.165) is 6.04 Å². The molecule has 1 rings (SSSR count). The molecule has 2 atom stereocenters. The molecule has 12 heavy (non-hydrogen) atoms. The van der Waals surface area contributed by atoms with Crippen molar-refractivity contribution >= 4 is 0 Å². The van der Waals surface area contributed by atoms with Crippen molar-refractivity contribution in [1.29, 1.82) is 0 Å². The van der Waals surface area contributed by atoms with Crippen LogP contribution in [-0.4, -0.2) is 42.6 Å². The molecule has 0 N–H and O–H groups in total. The Balaban J connectivity index is 2.36. The molecule has 0 amide bonds. The van der Waals surface area contributed by atoms with Crippen molar-refractivity contribution in [3.8, 4) is 0 Å². The first-order chi connectivity index (χ1) is 5.66. The van der Waals surface area contributed by atoms with Gasteiger partial charge >= 0.3 is 0 Å². The van der Waals surface area contributed by atoms with E-state index in [-0.39, 0.29) is 0 Å². The van der Waals surface area contributed by atoms with Gasteiger partial charge in [-0.05, 0) is 27.4 Å². The summed E-state index contributed by atoms with van der Waals surface area (Å²) in [7, 11) is 4.46. The van der Waals surface area contributed by atoms with Gasteiger partial charge in [0, 0.05) is 12.6 Å². The Morgan fingerprint density at radius 2 is 2.00 bits per heavy atom. The maximum absolute atomic E-state index is 2.50. The lowest BCUT2D eigenvalue weighted by molar-refractivity contribution is 0.184. The fourth-order valence-electron chi connectivity index (χ4n) is 1.96. The van der Waals surface area contributed by atoms with Crippen molar-refractivity contribution in [2.24, 2.45) is 0 Å². The van der Waals surface area contributed by atoms with Crippen LogP contribution in [0, 0.1) is 0 Å². The minimum atomic E-state index is 0.631. The lowest BCUT2D eigenvalue weighted by Crippen LogP contribution is -2.33. The van der Waals surface area contributed by atoms with E-state index < -0.39 is 0 Å². The molecule has 0 aromatic carbocycles. The van der Waals surface area contributed by atoms with Crippen LogP contribution in [0.25, 0.3) is 0 Å². The highest BCUT2D eigenvalue weighted by molar-refractivity contribution is 4.83. The van der Waals surface area contributed by atoms with Gasteiger partial charge < -0.3 is 0 Å². The fourth-order valence-corrected chi connectivity index (χ4v) is 1.96. The SMILES string of the molecule is CCCCC1CN(C)C(C)N1C. The first-order valence-electron chi connectivity index (χ1n) is 5.09. The van der Waals surface area contributed by atoms with Crippen molar-refractivity contribution in [2.45, 2.75) is 45.3 Å². The molecule has 1 heterocycles. The predicted molar refractivity (Wildman–Crippen MR) is 53.2 cm³/mol. The third kappa shape index (κ3) is 1.99. The molecule has 1 aliphatic heterocycles. The smallest absolute Gasteiger partial charge is 0.0591 e. The van der Waals surface area contributed by atoms with Gasteiger partial charge in [0.1, 0.15) is 0 Å². The van der Waals surface area contributed by atoms with Crippen LogP contribution in [0.3, 0.4) is 0 Å². The van der Waals surface area contributed by atoms with E-state index in [1.807, 2.05) is 0 Å². The normalized spacial score (nSPS) is 33.0. The summed E-state index contributed by atoms with van der Waals surface area (Å²) in [6.45, 7) is 5.80. The second kappa shape index (κ2) is 4.24. The highest BCUT2D eigenvalue weighted by atomic mass is 15.4. The van der Waals surface area contributed by atoms with E-state index in [9.17, 15) is 0 Å². The van der Waals surface area contributed by atoms with Crippen LogP contribution in [0.5, 0.6) is 0 Å².